The summed E-state index contributed by atoms with van der Waals surface area (Å²) >= 11 is 6.03. The largest absolute Gasteiger partial charge is 0.286 e. The molecule has 0 aliphatic heterocycles. The second kappa shape index (κ2) is 6.36. The summed E-state index contributed by atoms with van der Waals surface area (Å²) in [4.78, 5) is 16.2. The lowest BCUT2D eigenvalue weighted by molar-refractivity contribution is 0.100. The molecule has 0 aliphatic carbocycles. The minimum atomic E-state index is -0.297. The summed E-state index contributed by atoms with van der Waals surface area (Å²) in [5, 5.41) is 4.03. The molecule has 0 aliphatic rings. The van der Waals surface area contributed by atoms with Gasteiger partial charge in [-0.2, -0.15) is 4.99 Å². The van der Waals surface area contributed by atoms with Crippen LogP contribution in [-0.4, -0.2) is 11.1 Å². The molecule has 1 amide bonds. The fourth-order valence-electron chi connectivity index (χ4n) is 1.73. The summed E-state index contributed by atoms with van der Waals surface area (Å²) in [7, 11) is 0. The molecule has 0 atom stereocenters. The average molecular weight is 273 g/mol. The van der Waals surface area contributed by atoms with E-state index < -0.39 is 0 Å². The van der Waals surface area contributed by atoms with Gasteiger partial charge >= 0.3 is 0 Å². The maximum absolute atomic E-state index is 11.6. The number of thiocarbonyl (C=S) groups is 1. The number of carbonyl (C=O) groups excluding carboxylic acids is 1. The number of aryl methyl sites for hydroxylation is 2. The van der Waals surface area contributed by atoms with Gasteiger partial charge in [0.15, 0.2) is 0 Å². The topological polar surface area (TPSA) is 29.4 Å². The molecule has 1 heterocycles. The number of amides is 1. The van der Waals surface area contributed by atoms with Crippen molar-refractivity contribution in [2.24, 2.45) is 4.99 Å². The lowest BCUT2D eigenvalue weighted by atomic mass is 10.1. The molecule has 1 aromatic heterocycles. The summed E-state index contributed by atoms with van der Waals surface area (Å²) in [6.07, 6.45) is 1.76. The van der Waals surface area contributed by atoms with Crippen molar-refractivity contribution in [3.63, 3.8) is 0 Å². The van der Waals surface area contributed by atoms with Gasteiger partial charge < -0.3 is 0 Å². The predicted molar refractivity (Wildman–Crippen MR) is 77.5 cm³/mol. The van der Waals surface area contributed by atoms with Crippen molar-refractivity contribution < 1.29 is 4.79 Å². The fourth-order valence-corrected chi connectivity index (χ4v) is 2.68. The van der Waals surface area contributed by atoms with Crippen LogP contribution in [0.2, 0.25) is 0 Å². The highest BCUT2D eigenvalue weighted by molar-refractivity contribution is 7.78. The van der Waals surface area contributed by atoms with Crippen LogP contribution in [0.15, 0.2) is 46.8 Å². The Hall–Kier alpha value is -1.61. The molecule has 0 N–H and O–H groups in total. The normalized spacial score (nSPS) is 9.78. The standard InChI is InChI=1S/C14H11NOS2/c16-14(15-10-17)12-8-9-18-13(12)7-6-11-4-2-1-3-5-11/h1-5,8-9H,6-7H2. The SMILES string of the molecule is O=C(N=C=S)c1ccsc1CCc1ccccc1. The summed E-state index contributed by atoms with van der Waals surface area (Å²) < 4.78 is 0. The quantitative estimate of drug-likeness (QED) is 0.627. The number of aliphatic imine (C=N–C) groups is 1. The van der Waals surface area contributed by atoms with Crippen molar-refractivity contribution in [3.8, 4) is 0 Å². The van der Waals surface area contributed by atoms with Crippen molar-refractivity contribution >= 4 is 34.6 Å². The molecule has 4 heteroatoms. The van der Waals surface area contributed by atoms with Crippen LogP contribution in [0.4, 0.5) is 0 Å². The van der Waals surface area contributed by atoms with Gasteiger partial charge in [0, 0.05) is 4.88 Å². The molecule has 90 valence electrons. The van der Waals surface area contributed by atoms with Crippen molar-refractivity contribution in [1.82, 2.24) is 0 Å². The van der Waals surface area contributed by atoms with Crippen LogP contribution in [0.5, 0.6) is 0 Å². The number of nitrogens with zero attached hydrogens (tertiary/aromatic N) is 1. The van der Waals surface area contributed by atoms with E-state index >= 15 is 0 Å². The van der Waals surface area contributed by atoms with E-state index in [9.17, 15) is 4.79 Å². The Morgan fingerprint density at radius 2 is 2.00 bits per heavy atom. The first-order valence-corrected chi connectivity index (χ1v) is 6.82. The van der Waals surface area contributed by atoms with E-state index in [1.807, 2.05) is 23.6 Å². The van der Waals surface area contributed by atoms with Gasteiger partial charge in [-0.3, -0.25) is 4.79 Å². The van der Waals surface area contributed by atoms with Crippen LogP contribution in [0, 0.1) is 0 Å². The third kappa shape index (κ3) is 3.20. The first-order valence-electron chi connectivity index (χ1n) is 5.54. The molecular weight excluding hydrogens is 262 g/mol. The van der Waals surface area contributed by atoms with Crippen LogP contribution in [0.1, 0.15) is 20.8 Å². The second-order valence-electron chi connectivity index (χ2n) is 3.75. The maximum Gasteiger partial charge on any atom is 0.286 e. The van der Waals surface area contributed by atoms with E-state index in [0.29, 0.717) is 5.56 Å². The van der Waals surface area contributed by atoms with Gasteiger partial charge in [-0.15, -0.1) is 11.3 Å². The van der Waals surface area contributed by atoms with Crippen LogP contribution in [0.3, 0.4) is 0 Å². The Morgan fingerprint density at radius 3 is 2.72 bits per heavy atom. The minimum Gasteiger partial charge on any atom is -0.266 e. The molecular formula is C14H11NOS2. The Bertz CT molecular complexity index is 583. The van der Waals surface area contributed by atoms with Gasteiger partial charge in [0.1, 0.15) is 0 Å². The van der Waals surface area contributed by atoms with Crippen molar-refractivity contribution in [1.29, 1.82) is 0 Å². The first-order chi connectivity index (χ1) is 8.81. The number of rotatable bonds is 4. The van der Waals surface area contributed by atoms with E-state index in [1.165, 1.54) is 5.56 Å². The summed E-state index contributed by atoms with van der Waals surface area (Å²) in [5.41, 5.74) is 1.91. The number of hydrogen-bond acceptors (Lipinski definition) is 3. The molecule has 0 bridgehead atoms. The molecule has 0 saturated heterocycles. The van der Waals surface area contributed by atoms with Gasteiger partial charge in [0.05, 0.1) is 10.7 Å². The highest BCUT2D eigenvalue weighted by Gasteiger charge is 2.11. The van der Waals surface area contributed by atoms with E-state index in [-0.39, 0.29) is 5.91 Å². The van der Waals surface area contributed by atoms with Gasteiger partial charge in [-0.25, -0.2) is 0 Å². The average Bonchev–Trinajstić information content (AvgIpc) is 2.86. The molecule has 2 aromatic rings. The fraction of sp³-hybridized carbons (Fsp3) is 0.143. The van der Waals surface area contributed by atoms with E-state index in [0.717, 1.165) is 17.7 Å². The molecule has 0 spiro atoms. The highest BCUT2D eigenvalue weighted by Crippen LogP contribution is 2.20. The van der Waals surface area contributed by atoms with Crippen LogP contribution in [0.25, 0.3) is 0 Å². The number of carbonyl (C=O) groups is 1. The molecule has 2 rings (SSSR count). The van der Waals surface area contributed by atoms with Gasteiger partial charge in [-0.05, 0) is 42.1 Å². The lowest BCUT2D eigenvalue weighted by Gasteiger charge is -2.01. The zero-order chi connectivity index (χ0) is 12.8. The Kier molecular flexibility index (Phi) is 4.53. The van der Waals surface area contributed by atoms with E-state index in [1.54, 1.807) is 17.4 Å². The molecule has 0 saturated carbocycles. The zero-order valence-electron chi connectivity index (χ0n) is 9.63. The molecule has 0 unspecified atom stereocenters. The third-order valence-corrected chi connectivity index (χ3v) is 3.68. The molecule has 18 heavy (non-hydrogen) atoms. The summed E-state index contributed by atoms with van der Waals surface area (Å²) in [6, 6.07) is 12.0. The summed E-state index contributed by atoms with van der Waals surface area (Å²) in [5.74, 6) is -0.297. The van der Waals surface area contributed by atoms with Crippen molar-refractivity contribution in [2.45, 2.75) is 12.8 Å². The zero-order valence-corrected chi connectivity index (χ0v) is 11.3. The first kappa shape index (κ1) is 12.8. The van der Waals surface area contributed by atoms with Crippen molar-refractivity contribution in [2.75, 3.05) is 0 Å². The van der Waals surface area contributed by atoms with Crippen molar-refractivity contribution in [3.05, 3.63) is 57.8 Å². The van der Waals surface area contributed by atoms with Crippen LogP contribution < -0.4 is 0 Å². The number of thiophene rings is 1. The van der Waals surface area contributed by atoms with Gasteiger partial charge in [0.2, 0.25) is 0 Å². The van der Waals surface area contributed by atoms with Gasteiger partial charge in [0.25, 0.3) is 5.91 Å². The monoisotopic (exact) mass is 273 g/mol. The van der Waals surface area contributed by atoms with E-state index in [4.69, 9.17) is 0 Å². The molecule has 1 aromatic carbocycles. The Balaban J connectivity index is 2.09. The summed E-state index contributed by atoms with van der Waals surface area (Å²) in [6.45, 7) is 0. The number of benzene rings is 1. The molecule has 0 radical (unpaired) electrons. The van der Waals surface area contributed by atoms with E-state index in [2.05, 4.69) is 34.5 Å². The number of hydrogen-bond donors (Lipinski definition) is 0. The van der Waals surface area contributed by atoms with Gasteiger partial charge in [-0.1, -0.05) is 30.3 Å². The smallest absolute Gasteiger partial charge is 0.266 e. The predicted octanol–water partition coefficient (Wildman–Crippen LogP) is 3.78. The lowest BCUT2D eigenvalue weighted by Crippen LogP contribution is -1.98. The minimum absolute atomic E-state index is 0.297. The highest BCUT2D eigenvalue weighted by atomic mass is 32.1. The number of isothiocyanates is 1. The van der Waals surface area contributed by atoms with Crippen LogP contribution in [-0.2, 0) is 12.8 Å². The Labute approximate surface area is 115 Å². The Morgan fingerprint density at radius 1 is 1.22 bits per heavy atom. The second-order valence-corrected chi connectivity index (χ2v) is 4.93. The molecule has 2 nitrogen and oxygen atoms in total. The maximum atomic E-state index is 11.6. The van der Waals surface area contributed by atoms with Crippen LogP contribution >= 0.6 is 23.6 Å². The third-order valence-electron chi connectivity index (χ3n) is 2.61. The molecule has 0 fully saturated rings.